The van der Waals surface area contributed by atoms with Gasteiger partial charge in [-0.05, 0) is 24.6 Å². The molecule has 1 aliphatic heterocycles. The molecule has 0 spiro atoms. The second kappa shape index (κ2) is 6.38. The molecule has 1 atom stereocenters. The molecule has 1 fully saturated rings. The Hall–Kier alpha value is -1.99. The fraction of sp³-hybridized carbons (Fsp3) is 0.278. The summed E-state index contributed by atoms with van der Waals surface area (Å²) in [5.74, 6) is 0.522. The van der Waals surface area contributed by atoms with Crippen LogP contribution in [0.25, 0.3) is 21.9 Å². The van der Waals surface area contributed by atoms with E-state index in [-0.39, 0.29) is 28.4 Å². The number of sulfone groups is 1. The normalized spacial score (nSPS) is 19.4. The topological polar surface area (TPSA) is 76.4 Å². The summed E-state index contributed by atoms with van der Waals surface area (Å²) in [5.41, 5.74) is 2.23. The van der Waals surface area contributed by atoms with Gasteiger partial charge in [0.05, 0.1) is 17.3 Å². The van der Waals surface area contributed by atoms with Crippen LogP contribution < -0.4 is 5.32 Å². The van der Waals surface area contributed by atoms with Crippen molar-refractivity contribution in [2.24, 2.45) is 0 Å². The third-order valence-corrected chi connectivity index (χ3v) is 7.58. The summed E-state index contributed by atoms with van der Waals surface area (Å²) >= 11 is 1.41. The standard InChI is InChI=1S/C18H17NO4S2/c20-18(10-24-13-7-8-25(21,22)11-13)19-12-5-6-15-14-3-1-2-4-16(14)23-17(15)9-12/h1-6,9,13H,7-8,10-11H2,(H,19,20)/t13-/m1/s1. The van der Waals surface area contributed by atoms with E-state index in [1.165, 1.54) is 11.8 Å². The minimum absolute atomic E-state index is 0.0219. The van der Waals surface area contributed by atoms with Crippen molar-refractivity contribution in [1.82, 2.24) is 0 Å². The second-order valence-electron chi connectivity index (χ2n) is 6.19. The van der Waals surface area contributed by atoms with Gasteiger partial charge in [-0.2, -0.15) is 0 Å². The van der Waals surface area contributed by atoms with Crippen LogP contribution in [0.15, 0.2) is 46.9 Å². The Bertz CT molecular complexity index is 1060. The number of benzene rings is 2. The highest BCUT2D eigenvalue weighted by molar-refractivity contribution is 8.02. The van der Waals surface area contributed by atoms with Gasteiger partial charge >= 0.3 is 0 Å². The number of hydrogen-bond acceptors (Lipinski definition) is 5. The first-order valence-corrected chi connectivity index (χ1v) is 10.9. The van der Waals surface area contributed by atoms with Crippen LogP contribution in [-0.2, 0) is 14.6 Å². The first-order valence-electron chi connectivity index (χ1n) is 8.03. The van der Waals surface area contributed by atoms with Crippen LogP contribution in [0.3, 0.4) is 0 Å². The van der Waals surface area contributed by atoms with E-state index in [2.05, 4.69) is 5.32 Å². The van der Waals surface area contributed by atoms with Crippen molar-refractivity contribution in [2.45, 2.75) is 11.7 Å². The number of fused-ring (bicyclic) bond motifs is 3. The van der Waals surface area contributed by atoms with Gasteiger partial charge in [-0.15, -0.1) is 11.8 Å². The third-order valence-electron chi connectivity index (χ3n) is 4.30. The molecule has 2 heterocycles. The average molecular weight is 375 g/mol. The van der Waals surface area contributed by atoms with E-state index in [0.29, 0.717) is 12.1 Å². The Kier molecular flexibility index (Phi) is 4.21. The van der Waals surface area contributed by atoms with E-state index in [1.54, 1.807) is 0 Å². The summed E-state index contributed by atoms with van der Waals surface area (Å²) in [7, 11) is -2.90. The summed E-state index contributed by atoms with van der Waals surface area (Å²) in [6.45, 7) is 0. The predicted octanol–water partition coefficient (Wildman–Crippen LogP) is 3.44. The van der Waals surface area contributed by atoms with Crippen LogP contribution in [0.2, 0.25) is 0 Å². The van der Waals surface area contributed by atoms with Crippen molar-refractivity contribution in [2.75, 3.05) is 22.6 Å². The summed E-state index contributed by atoms with van der Waals surface area (Å²) in [6, 6.07) is 13.4. The van der Waals surface area contributed by atoms with Gasteiger partial charge in [0.25, 0.3) is 0 Å². The van der Waals surface area contributed by atoms with Gasteiger partial charge in [-0.3, -0.25) is 4.79 Å². The zero-order valence-corrected chi connectivity index (χ0v) is 15.0. The van der Waals surface area contributed by atoms with Gasteiger partial charge in [0, 0.05) is 27.8 Å². The van der Waals surface area contributed by atoms with E-state index < -0.39 is 9.84 Å². The molecule has 1 N–H and O–H groups in total. The molecule has 2 aromatic carbocycles. The van der Waals surface area contributed by atoms with Crippen molar-refractivity contribution in [3.63, 3.8) is 0 Å². The highest BCUT2D eigenvalue weighted by Gasteiger charge is 2.28. The summed E-state index contributed by atoms with van der Waals surface area (Å²) in [5, 5.41) is 4.94. The number of para-hydroxylation sites is 1. The Balaban J connectivity index is 1.43. The molecule has 1 amide bonds. The van der Waals surface area contributed by atoms with Crippen molar-refractivity contribution in [1.29, 1.82) is 0 Å². The fourth-order valence-electron chi connectivity index (χ4n) is 3.09. The lowest BCUT2D eigenvalue weighted by Crippen LogP contribution is -2.17. The number of furan rings is 1. The molecule has 0 unspecified atom stereocenters. The van der Waals surface area contributed by atoms with Crippen molar-refractivity contribution in [3.05, 3.63) is 42.5 Å². The molecular formula is C18H17NO4S2. The van der Waals surface area contributed by atoms with Crippen LogP contribution in [0, 0.1) is 0 Å². The maximum Gasteiger partial charge on any atom is 0.234 e. The molecule has 130 valence electrons. The van der Waals surface area contributed by atoms with E-state index >= 15 is 0 Å². The molecular weight excluding hydrogens is 358 g/mol. The quantitative estimate of drug-likeness (QED) is 0.756. The Morgan fingerprint density at radius 3 is 2.76 bits per heavy atom. The summed E-state index contributed by atoms with van der Waals surface area (Å²) in [4.78, 5) is 12.1. The van der Waals surface area contributed by atoms with Gasteiger partial charge in [0.15, 0.2) is 9.84 Å². The maximum atomic E-state index is 12.1. The monoisotopic (exact) mass is 375 g/mol. The average Bonchev–Trinajstić information content (AvgIpc) is 3.12. The summed E-state index contributed by atoms with van der Waals surface area (Å²) in [6.07, 6.45) is 0.630. The molecule has 0 bridgehead atoms. The number of thioether (sulfide) groups is 1. The lowest BCUT2D eigenvalue weighted by atomic mass is 10.1. The molecule has 0 radical (unpaired) electrons. The zero-order chi connectivity index (χ0) is 17.4. The second-order valence-corrected chi connectivity index (χ2v) is 9.71. The molecule has 5 nitrogen and oxygen atoms in total. The number of hydrogen-bond donors (Lipinski definition) is 1. The van der Waals surface area contributed by atoms with Crippen LogP contribution in [-0.4, -0.2) is 36.8 Å². The van der Waals surface area contributed by atoms with E-state index in [9.17, 15) is 13.2 Å². The molecule has 1 saturated heterocycles. The molecule has 1 aliphatic rings. The lowest BCUT2D eigenvalue weighted by Gasteiger charge is -2.08. The Morgan fingerprint density at radius 1 is 1.16 bits per heavy atom. The van der Waals surface area contributed by atoms with E-state index in [1.807, 2.05) is 42.5 Å². The lowest BCUT2D eigenvalue weighted by molar-refractivity contribution is -0.113. The van der Waals surface area contributed by atoms with Gasteiger partial charge < -0.3 is 9.73 Å². The summed E-state index contributed by atoms with van der Waals surface area (Å²) < 4.78 is 28.7. The van der Waals surface area contributed by atoms with Crippen LogP contribution in [0.4, 0.5) is 5.69 Å². The maximum absolute atomic E-state index is 12.1. The molecule has 0 saturated carbocycles. The van der Waals surface area contributed by atoms with Gasteiger partial charge in [0.2, 0.25) is 5.91 Å². The van der Waals surface area contributed by atoms with Crippen molar-refractivity contribution >= 4 is 55.1 Å². The highest BCUT2D eigenvalue weighted by atomic mass is 32.2. The van der Waals surface area contributed by atoms with Gasteiger partial charge in [-0.25, -0.2) is 8.42 Å². The Labute approximate surface area is 149 Å². The third kappa shape index (κ3) is 3.52. The predicted molar refractivity (Wildman–Crippen MR) is 102 cm³/mol. The highest BCUT2D eigenvalue weighted by Crippen LogP contribution is 2.30. The zero-order valence-electron chi connectivity index (χ0n) is 13.4. The molecule has 1 aromatic heterocycles. The number of anilines is 1. The van der Waals surface area contributed by atoms with Crippen LogP contribution in [0.1, 0.15) is 6.42 Å². The molecule has 25 heavy (non-hydrogen) atoms. The van der Waals surface area contributed by atoms with Crippen LogP contribution in [0.5, 0.6) is 0 Å². The number of carbonyl (C=O) groups excluding carboxylic acids is 1. The molecule has 0 aliphatic carbocycles. The molecule has 7 heteroatoms. The number of nitrogens with one attached hydrogen (secondary N) is 1. The Morgan fingerprint density at radius 2 is 1.96 bits per heavy atom. The number of rotatable bonds is 4. The first kappa shape index (κ1) is 16.5. The SMILES string of the molecule is O=C(CS[C@@H]1CCS(=O)(=O)C1)Nc1ccc2c(c1)oc1ccccc12. The van der Waals surface area contributed by atoms with Crippen LogP contribution >= 0.6 is 11.8 Å². The number of carbonyl (C=O) groups is 1. The largest absolute Gasteiger partial charge is 0.456 e. The number of amides is 1. The van der Waals surface area contributed by atoms with Gasteiger partial charge in [0.1, 0.15) is 11.2 Å². The smallest absolute Gasteiger partial charge is 0.234 e. The minimum Gasteiger partial charge on any atom is -0.456 e. The van der Waals surface area contributed by atoms with E-state index in [4.69, 9.17) is 4.42 Å². The minimum atomic E-state index is -2.90. The first-order chi connectivity index (χ1) is 12.0. The molecule has 4 rings (SSSR count). The van der Waals surface area contributed by atoms with Crippen molar-refractivity contribution in [3.8, 4) is 0 Å². The van der Waals surface area contributed by atoms with Gasteiger partial charge in [-0.1, -0.05) is 18.2 Å². The fourth-order valence-corrected chi connectivity index (χ4v) is 6.53. The van der Waals surface area contributed by atoms with E-state index in [0.717, 1.165) is 21.9 Å². The van der Waals surface area contributed by atoms with Crippen molar-refractivity contribution < 1.29 is 17.6 Å². The molecule has 3 aromatic rings.